The second kappa shape index (κ2) is 9.22. The van der Waals surface area contributed by atoms with E-state index in [-0.39, 0.29) is 18.6 Å². The molecule has 29 heavy (non-hydrogen) atoms. The number of hydrogen-bond donors (Lipinski definition) is 2. The number of benzene rings is 1. The van der Waals surface area contributed by atoms with Gasteiger partial charge in [-0.2, -0.15) is 0 Å². The number of aromatic nitrogens is 2. The lowest BCUT2D eigenvalue weighted by Crippen LogP contribution is -2.42. The zero-order valence-electron chi connectivity index (χ0n) is 16.8. The van der Waals surface area contributed by atoms with Gasteiger partial charge in [0.2, 0.25) is 5.91 Å². The van der Waals surface area contributed by atoms with Gasteiger partial charge in [-0.15, -0.1) is 0 Å². The van der Waals surface area contributed by atoms with Gasteiger partial charge in [0.05, 0.1) is 12.6 Å². The Balaban J connectivity index is 1.38. The van der Waals surface area contributed by atoms with Crippen molar-refractivity contribution in [1.82, 2.24) is 9.97 Å². The van der Waals surface area contributed by atoms with Crippen LogP contribution in [0.2, 0.25) is 0 Å². The minimum absolute atomic E-state index is 0.136. The number of nitrogens with zero attached hydrogens (tertiary/aromatic N) is 4. The number of carbonyl (C=O) groups excluding carboxylic acids is 1. The highest BCUT2D eigenvalue weighted by molar-refractivity contribution is 5.93. The Morgan fingerprint density at radius 3 is 2.69 bits per heavy atom. The molecule has 7 heteroatoms. The maximum atomic E-state index is 12.1. The Morgan fingerprint density at radius 1 is 1.07 bits per heavy atom. The van der Waals surface area contributed by atoms with E-state index in [1.165, 1.54) is 0 Å². The summed E-state index contributed by atoms with van der Waals surface area (Å²) in [6.07, 6.45) is 7.55. The van der Waals surface area contributed by atoms with E-state index < -0.39 is 0 Å². The molecule has 2 aliphatic heterocycles. The van der Waals surface area contributed by atoms with Crippen LogP contribution in [-0.4, -0.2) is 46.7 Å². The highest BCUT2D eigenvalue weighted by atomic mass is 16.3. The smallest absolute Gasteiger partial charge is 0.226 e. The average Bonchev–Trinajstić information content (AvgIpc) is 2.78. The molecule has 0 radical (unpaired) electrons. The van der Waals surface area contributed by atoms with Gasteiger partial charge in [-0.1, -0.05) is 12.1 Å². The van der Waals surface area contributed by atoms with Crippen LogP contribution in [0.3, 0.4) is 0 Å². The Kier molecular flexibility index (Phi) is 6.24. The largest absolute Gasteiger partial charge is 0.394 e. The molecule has 2 aliphatic rings. The molecule has 0 spiro atoms. The van der Waals surface area contributed by atoms with E-state index in [4.69, 9.17) is 0 Å². The minimum atomic E-state index is 0.136. The Hall–Kier alpha value is -2.67. The summed E-state index contributed by atoms with van der Waals surface area (Å²) in [5.41, 5.74) is 2.10. The molecule has 0 aliphatic carbocycles. The van der Waals surface area contributed by atoms with E-state index in [2.05, 4.69) is 32.3 Å². The van der Waals surface area contributed by atoms with E-state index in [0.29, 0.717) is 13.0 Å². The SMILES string of the molecule is O=C1CCCCN1c1ccc(CNc2cc(N3CCCCC3CO)ncn2)cc1. The van der Waals surface area contributed by atoms with Gasteiger partial charge in [-0.25, -0.2) is 9.97 Å². The number of carbonyl (C=O) groups is 1. The molecule has 1 amide bonds. The van der Waals surface area contributed by atoms with Crippen LogP contribution in [0.25, 0.3) is 0 Å². The number of amides is 1. The van der Waals surface area contributed by atoms with Crippen molar-refractivity contribution in [2.45, 2.75) is 51.1 Å². The van der Waals surface area contributed by atoms with Crippen LogP contribution in [0.15, 0.2) is 36.7 Å². The molecule has 2 saturated heterocycles. The lowest BCUT2D eigenvalue weighted by molar-refractivity contribution is -0.119. The molecule has 1 aromatic heterocycles. The third-order valence-corrected chi connectivity index (χ3v) is 5.83. The number of anilines is 3. The van der Waals surface area contributed by atoms with Crippen molar-refractivity contribution in [3.05, 3.63) is 42.2 Å². The zero-order valence-corrected chi connectivity index (χ0v) is 16.8. The van der Waals surface area contributed by atoms with Gasteiger partial charge in [0, 0.05) is 37.8 Å². The second-order valence-corrected chi connectivity index (χ2v) is 7.81. The van der Waals surface area contributed by atoms with Crippen molar-refractivity contribution in [1.29, 1.82) is 0 Å². The number of aliphatic hydroxyl groups is 1. The van der Waals surface area contributed by atoms with Crippen LogP contribution < -0.4 is 15.1 Å². The number of nitrogens with one attached hydrogen (secondary N) is 1. The van der Waals surface area contributed by atoms with Crippen LogP contribution >= 0.6 is 0 Å². The van der Waals surface area contributed by atoms with Crippen LogP contribution in [-0.2, 0) is 11.3 Å². The van der Waals surface area contributed by atoms with Crippen LogP contribution in [0.4, 0.5) is 17.3 Å². The summed E-state index contributed by atoms with van der Waals surface area (Å²) in [7, 11) is 0. The van der Waals surface area contributed by atoms with Crippen molar-refractivity contribution in [2.24, 2.45) is 0 Å². The van der Waals surface area contributed by atoms with Crippen LogP contribution in [0.5, 0.6) is 0 Å². The fourth-order valence-corrected chi connectivity index (χ4v) is 4.16. The first-order valence-corrected chi connectivity index (χ1v) is 10.6. The molecule has 1 atom stereocenters. The van der Waals surface area contributed by atoms with Crippen molar-refractivity contribution < 1.29 is 9.90 Å². The first-order chi connectivity index (χ1) is 14.2. The van der Waals surface area contributed by atoms with Gasteiger partial charge in [-0.3, -0.25) is 4.79 Å². The normalized spacial score (nSPS) is 20.0. The highest BCUT2D eigenvalue weighted by Crippen LogP contribution is 2.25. The standard InChI is InChI=1S/C22H29N5O2/c28-15-19-5-1-3-11-26(19)21-13-20(24-16-25-21)23-14-17-7-9-18(10-8-17)27-12-4-2-6-22(27)29/h7-10,13,16,19,28H,1-6,11-12,14-15H2,(H,23,24,25). The van der Waals surface area contributed by atoms with Gasteiger partial charge in [0.25, 0.3) is 0 Å². The Labute approximate surface area is 171 Å². The summed E-state index contributed by atoms with van der Waals surface area (Å²) in [4.78, 5) is 24.9. The minimum Gasteiger partial charge on any atom is -0.394 e. The molecule has 0 saturated carbocycles. The Morgan fingerprint density at radius 2 is 1.90 bits per heavy atom. The van der Waals surface area contributed by atoms with Gasteiger partial charge >= 0.3 is 0 Å². The first-order valence-electron chi connectivity index (χ1n) is 10.6. The number of piperidine rings is 2. The van der Waals surface area contributed by atoms with Gasteiger partial charge in [0.15, 0.2) is 0 Å². The third kappa shape index (κ3) is 4.67. The summed E-state index contributed by atoms with van der Waals surface area (Å²) in [5.74, 6) is 1.85. The molecule has 2 N–H and O–H groups in total. The topological polar surface area (TPSA) is 81.6 Å². The number of rotatable bonds is 6. The number of aliphatic hydroxyl groups excluding tert-OH is 1. The maximum absolute atomic E-state index is 12.1. The quantitative estimate of drug-likeness (QED) is 0.783. The summed E-state index contributed by atoms with van der Waals surface area (Å²) >= 11 is 0. The molecule has 4 rings (SSSR count). The molecule has 154 valence electrons. The summed E-state index contributed by atoms with van der Waals surface area (Å²) in [6.45, 7) is 2.52. The molecule has 1 aromatic carbocycles. The van der Waals surface area contributed by atoms with Crippen molar-refractivity contribution >= 4 is 23.2 Å². The van der Waals surface area contributed by atoms with Gasteiger partial charge < -0.3 is 20.2 Å². The molecule has 1 unspecified atom stereocenters. The second-order valence-electron chi connectivity index (χ2n) is 7.81. The zero-order chi connectivity index (χ0) is 20.1. The fourth-order valence-electron chi connectivity index (χ4n) is 4.16. The maximum Gasteiger partial charge on any atom is 0.226 e. The Bertz CT molecular complexity index is 826. The van der Waals surface area contributed by atoms with Crippen LogP contribution in [0.1, 0.15) is 44.1 Å². The van der Waals surface area contributed by atoms with Crippen molar-refractivity contribution in [2.75, 3.05) is 34.8 Å². The van der Waals surface area contributed by atoms with Crippen molar-refractivity contribution in [3.63, 3.8) is 0 Å². The third-order valence-electron chi connectivity index (χ3n) is 5.83. The fraction of sp³-hybridized carbons (Fsp3) is 0.500. The van der Waals surface area contributed by atoms with Crippen molar-refractivity contribution in [3.8, 4) is 0 Å². The molecule has 2 fully saturated rings. The van der Waals surface area contributed by atoms with Gasteiger partial charge in [0.1, 0.15) is 18.0 Å². The predicted molar refractivity (Wildman–Crippen MR) is 114 cm³/mol. The molecular formula is C22H29N5O2. The monoisotopic (exact) mass is 395 g/mol. The molecule has 0 bridgehead atoms. The first kappa shape index (κ1) is 19.6. The van der Waals surface area contributed by atoms with E-state index in [1.54, 1.807) is 6.33 Å². The lowest BCUT2D eigenvalue weighted by Gasteiger charge is -2.35. The molecule has 3 heterocycles. The van der Waals surface area contributed by atoms with E-state index in [9.17, 15) is 9.90 Å². The van der Waals surface area contributed by atoms with Crippen LogP contribution in [0, 0.1) is 0 Å². The molecular weight excluding hydrogens is 366 g/mol. The summed E-state index contributed by atoms with van der Waals surface area (Å²) < 4.78 is 0. The predicted octanol–water partition coefficient (Wildman–Crippen LogP) is 2.96. The highest BCUT2D eigenvalue weighted by Gasteiger charge is 2.23. The van der Waals surface area contributed by atoms with Gasteiger partial charge in [-0.05, 0) is 49.8 Å². The average molecular weight is 396 g/mol. The molecule has 2 aromatic rings. The van der Waals surface area contributed by atoms with E-state index in [0.717, 1.165) is 68.1 Å². The summed E-state index contributed by atoms with van der Waals surface area (Å²) in [5, 5.41) is 13.0. The number of hydrogen-bond acceptors (Lipinski definition) is 6. The molecule has 7 nitrogen and oxygen atoms in total. The summed E-state index contributed by atoms with van der Waals surface area (Å²) in [6, 6.07) is 10.2. The lowest BCUT2D eigenvalue weighted by atomic mass is 10.0. The van der Waals surface area contributed by atoms with E-state index in [1.807, 2.05) is 23.1 Å². The van der Waals surface area contributed by atoms with E-state index >= 15 is 0 Å².